The Morgan fingerprint density at radius 3 is 2.67 bits per heavy atom. The lowest BCUT2D eigenvalue weighted by molar-refractivity contribution is 0.602. The van der Waals surface area contributed by atoms with Crippen molar-refractivity contribution in [3.05, 3.63) is 18.2 Å². The zero-order valence-corrected chi connectivity index (χ0v) is 9.39. The highest BCUT2D eigenvalue weighted by Crippen LogP contribution is 2.30. The van der Waals surface area contributed by atoms with Crippen LogP contribution >= 0.6 is 0 Å². The molecule has 5 heteroatoms. The molecule has 1 heterocycles. The van der Waals surface area contributed by atoms with Crippen LogP contribution in [-0.4, -0.2) is 27.8 Å². The molecule has 0 aromatic heterocycles. The quantitative estimate of drug-likeness (QED) is 0.758. The third kappa shape index (κ3) is 2.07. The lowest BCUT2D eigenvalue weighted by atomic mass is 10.2. The molecule has 4 nitrogen and oxygen atoms in total. The van der Waals surface area contributed by atoms with Crippen molar-refractivity contribution < 1.29 is 8.42 Å². The molecule has 1 aromatic rings. The van der Waals surface area contributed by atoms with Crippen LogP contribution in [0.15, 0.2) is 23.1 Å². The molecule has 0 spiro atoms. The third-order valence-electron chi connectivity index (χ3n) is 2.40. The largest absolute Gasteiger partial charge is 0.383 e. The van der Waals surface area contributed by atoms with Gasteiger partial charge < -0.3 is 10.6 Å². The van der Waals surface area contributed by atoms with Crippen LogP contribution in [0.1, 0.15) is 6.42 Å². The van der Waals surface area contributed by atoms with E-state index in [1.807, 2.05) is 6.07 Å². The Morgan fingerprint density at radius 2 is 1.93 bits per heavy atom. The predicted octanol–water partition coefficient (Wildman–Crippen LogP) is 1.32. The Hall–Kier alpha value is -1.23. The lowest BCUT2D eigenvalue weighted by Gasteiger charge is -2.12. The molecular formula is C10H14N2O2S. The summed E-state index contributed by atoms with van der Waals surface area (Å²) in [7, 11) is -3.16. The standard InChI is InChI=1S/C10H14N2O2S/c1-15(13,14)9-5-2-4-8-10(9)12-7-3-6-11-8/h2,4-5,11-12H,3,6-7H2,1H3. The van der Waals surface area contributed by atoms with Gasteiger partial charge in [0.2, 0.25) is 0 Å². The molecule has 2 N–H and O–H groups in total. The van der Waals surface area contributed by atoms with Crippen molar-refractivity contribution in [2.45, 2.75) is 11.3 Å². The number of sulfone groups is 1. The zero-order valence-electron chi connectivity index (χ0n) is 8.58. The van der Waals surface area contributed by atoms with Gasteiger partial charge in [0.15, 0.2) is 9.84 Å². The van der Waals surface area contributed by atoms with E-state index in [0.717, 1.165) is 25.2 Å². The number of fused-ring (bicyclic) bond motifs is 1. The molecule has 0 aliphatic carbocycles. The molecule has 0 amide bonds. The van der Waals surface area contributed by atoms with Gasteiger partial charge >= 0.3 is 0 Å². The first-order chi connectivity index (χ1) is 7.09. The molecular weight excluding hydrogens is 212 g/mol. The molecule has 0 unspecified atom stereocenters. The zero-order chi connectivity index (χ0) is 10.9. The van der Waals surface area contributed by atoms with Crippen LogP contribution in [0.2, 0.25) is 0 Å². The summed E-state index contributed by atoms with van der Waals surface area (Å²) in [5, 5.41) is 6.37. The number of para-hydroxylation sites is 1. The van der Waals surface area contributed by atoms with Gasteiger partial charge in [-0.05, 0) is 18.6 Å². The first-order valence-electron chi connectivity index (χ1n) is 4.90. The number of benzene rings is 1. The molecule has 0 saturated heterocycles. The molecule has 0 bridgehead atoms. The van der Waals surface area contributed by atoms with Gasteiger partial charge in [-0.15, -0.1) is 0 Å². The minimum absolute atomic E-state index is 0.370. The second-order valence-corrected chi connectivity index (χ2v) is 5.64. The Bertz CT molecular complexity index is 468. The normalized spacial score (nSPS) is 15.8. The van der Waals surface area contributed by atoms with E-state index < -0.39 is 9.84 Å². The highest BCUT2D eigenvalue weighted by Gasteiger charge is 2.17. The van der Waals surface area contributed by atoms with Crippen LogP contribution in [0.4, 0.5) is 11.4 Å². The van der Waals surface area contributed by atoms with Gasteiger partial charge in [-0.25, -0.2) is 8.42 Å². The lowest BCUT2D eigenvalue weighted by Crippen LogP contribution is -2.06. The summed E-state index contributed by atoms with van der Waals surface area (Å²) in [5.41, 5.74) is 1.58. The summed E-state index contributed by atoms with van der Waals surface area (Å²) in [6, 6.07) is 5.28. The van der Waals surface area contributed by atoms with Gasteiger partial charge in [-0.1, -0.05) is 6.07 Å². The molecule has 0 radical (unpaired) electrons. The van der Waals surface area contributed by atoms with Crippen molar-refractivity contribution in [2.24, 2.45) is 0 Å². The fraction of sp³-hybridized carbons (Fsp3) is 0.400. The number of hydrogen-bond donors (Lipinski definition) is 2. The summed E-state index contributed by atoms with van der Waals surface area (Å²) < 4.78 is 23.1. The molecule has 1 aliphatic heterocycles. The molecule has 2 rings (SSSR count). The number of nitrogens with one attached hydrogen (secondary N) is 2. The number of rotatable bonds is 1. The summed E-state index contributed by atoms with van der Waals surface area (Å²) >= 11 is 0. The van der Waals surface area contributed by atoms with Crippen molar-refractivity contribution in [3.63, 3.8) is 0 Å². The Morgan fingerprint density at radius 1 is 1.20 bits per heavy atom. The van der Waals surface area contributed by atoms with Gasteiger partial charge in [0.05, 0.1) is 16.3 Å². The number of hydrogen-bond acceptors (Lipinski definition) is 4. The van der Waals surface area contributed by atoms with Crippen LogP contribution in [0.5, 0.6) is 0 Å². The molecule has 0 atom stereocenters. The van der Waals surface area contributed by atoms with Crippen LogP contribution < -0.4 is 10.6 Å². The smallest absolute Gasteiger partial charge is 0.177 e. The average Bonchev–Trinajstić information content (AvgIpc) is 2.39. The van der Waals surface area contributed by atoms with E-state index in [1.165, 1.54) is 6.26 Å². The fourth-order valence-electron chi connectivity index (χ4n) is 1.69. The van der Waals surface area contributed by atoms with Crippen molar-refractivity contribution in [1.82, 2.24) is 0 Å². The van der Waals surface area contributed by atoms with Crippen LogP contribution in [0, 0.1) is 0 Å². The van der Waals surface area contributed by atoms with Crippen LogP contribution in [0.3, 0.4) is 0 Å². The molecule has 15 heavy (non-hydrogen) atoms. The van der Waals surface area contributed by atoms with Gasteiger partial charge in [0.25, 0.3) is 0 Å². The third-order valence-corrected chi connectivity index (χ3v) is 3.54. The summed E-state index contributed by atoms with van der Waals surface area (Å²) in [4.78, 5) is 0.370. The Balaban J connectivity index is 2.58. The molecule has 0 fully saturated rings. The topological polar surface area (TPSA) is 58.2 Å². The maximum absolute atomic E-state index is 11.5. The Labute approximate surface area is 89.6 Å². The summed E-state index contributed by atoms with van der Waals surface area (Å²) in [6.07, 6.45) is 2.22. The van der Waals surface area contributed by atoms with E-state index in [9.17, 15) is 8.42 Å². The van der Waals surface area contributed by atoms with E-state index in [1.54, 1.807) is 12.1 Å². The minimum atomic E-state index is -3.16. The first kappa shape index (κ1) is 10.3. The second-order valence-electron chi connectivity index (χ2n) is 3.66. The maximum atomic E-state index is 11.5. The van der Waals surface area contributed by atoms with E-state index in [2.05, 4.69) is 10.6 Å². The van der Waals surface area contributed by atoms with E-state index >= 15 is 0 Å². The van der Waals surface area contributed by atoms with Gasteiger partial charge in [-0.2, -0.15) is 0 Å². The minimum Gasteiger partial charge on any atom is -0.383 e. The SMILES string of the molecule is CS(=O)(=O)c1cccc2c1NCCCN2. The predicted molar refractivity (Wildman–Crippen MR) is 61.1 cm³/mol. The van der Waals surface area contributed by atoms with Gasteiger partial charge in [-0.3, -0.25) is 0 Å². The van der Waals surface area contributed by atoms with Crippen molar-refractivity contribution in [1.29, 1.82) is 0 Å². The van der Waals surface area contributed by atoms with Gasteiger partial charge in [0, 0.05) is 19.3 Å². The highest BCUT2D eigenvalue weighted by molar-refractivity contribution is 7.90. The van der Waals surface area contributed by atoms with Crippen LogP contribution in [0.25, 0.3) is 0 Å². The molecule has 82 valence electrons. The maximum Gasteiger partial charge on any atom is 0.177 e. The highest BCUT2D eigenvalue weighted by atomic mass is 32.2. The summed E-state index contributed by atoms with van der Waals surface area (Å²) in [5.74, 6) is 0. The first-order valence-corrected chi connectivity index (χ1v) is 6.79. The molecule has 1 aliphatic rings. The molecule has 1 aromatic carbocycles. The average molecular weight is 226 g/mol. The van der Waals surface area contributed by atoms with Gasteiger partial charge in [0.1, 0.15) is 0 Å². The van der Waals surface area contributed by atoms with E-state index in [0.29, 0.717) is 10.6 Å². The van der Waals surface area contributed by atoms with Crippen molar-refractivity contribution in [3.8, 4) is 0 Å². The monoisotopic (exact) mass is 226 g/mol. The van der Waals surface area contributed by atoms with Crippen molar-refractivity contribution in [2.75, 3.05) is 30.0 Å². The fourth-order valence-corrected chi connectivity index (χ4v) is 2.57. The second kappa shape index (κ2) is 3.73. The van der Waals surface area contributed by atoms with E-state index in [4.69, 9.17) is 0 Å². The summed E-state index contributed by atoms with van der Waals surface area (Å²) in [6.45, 7) is 1.67. The Kier molecular flexibility index (Phi) is 2.56. The number of anilines is 2. The van der Waals surface area contributed by atoms with Crippen molar-refractivity contribution >= 4 is 21.2 Å². The van der Waals surface area contributed by atoms with Crippen LogP contribution in [-0.2, 0) is 9.84 Å². The molecule has 0 saturated carbocycles. The van der Waals surface area contributed by atoms with E-state index in [-0.39, 0.29) is 0 Å².